The number of carboxylic acids is 4. The van der Waals surface area contributed by atoms with E-state index < -0.39 is 48.8 Å². The number of carbonyl (C=O) groups excluding carboxylic acids is 4. The summed E-state index contributed by atoms with van der Waals surface area (Å²) < 4.78 is 0. The molecule has 4 N–H and O–H groups in total. The van der Waals surface area contributed by atoms with Crippen molar-refractivity contribution < 1.29 is 39.6 Å². The van der Waals surface area contributed by atoms with Gasteiger partial charge in [-0.1, -0.05) is 0 Å². The SMILES string of the molecule is NC(CC(=O)[O-])C(=O)[O-].NC(CC(=O)[O-])C(=O)[O-].[Ca+2].[Ca+2]. The Balaban J connectivity index is -0.000000116. The van der Waals surface area contributed by atoms with Crippen molar-refractivity contribution in [2.45, 2.75) is 24.9 Å². The predicted octanol–water partition coefficient (Wildman–Crippen LogP) is -8.35. The van der Waals surface area contributed by atoms with Gasteiger partial charge in [0, 0.05) is 36.9 Å². The molecule has 0 aliphatic rings. The Morgan fingerprint density at radius 3 is 0.950 bits per heavy atom. The molecule has 0 aliphatic heterocycles. The first-order valence-corrected chi connectivity index (χ1v) is 4.40. The molecule has 0 aromatic heterocycles. The van der Waals surface area contributed by atoms with Gasteiger partial charge < -0.3 is 51.1 Å². The first kappa shape index (κ1) is 28.5. The van der Waals surface area contributed by atoms with Crippen molar-refractivity contribution in [2.24, 2.45) is 11.5 Å². The zero-order valence-corrected chi connectivity index (χ0v) is 14.8. The van der Waals surface area contributed by atoms with E-state index in [0.717, 1.165) is 0 Å². The molecule has 0 aliphatic carbocycles. The summed E-state index contributed by atoms with van der Waals surface area (Å²) in [4.78, 5) is 38.7. The molecule has 10 nitrogen and oxygen atoms in total. The van der Waals surface area contributed by atoms with E-state index in [-0.39, 0.29) is 75.5 Å². The Morgan fingerprint density at radius 1 is 0.700 bits per heavy atom. The average Bonchev–Trinajstić information content (AvgIpc) is 2.16. The van der Waals surface area contributed by atoms with Crippen LogP contribution in [0.25, 0.3) is 0 Å². The van der Waals surface area contributed by atoms with Crippen LogP contribution in [0.2, 0.25) is 0 Å². The van der Waals surface area contributed by atoms with Crippen molar-refractivity contribution in [1.29, 1.82) is 0 Å². The molecule has 0 fully saturated rings. The Hall–Kier alpha value is 0.319. The van der Waals surface area contributed by atoms with Crippen LogP contribution in [0.3, 0.4) is 0 Å². The molecular formula is C8H10Ca2N2O8. The fourth-order valence-electron chi connectivity index (χ4n) is 0.526. The van der Waals surface area contributed by atoms with Gasteiger partial charge in [-0.2, -0.15) is 0 Å². The molecule has 0 rings (SSSR count). The molecule has 20 heavy (non-hydrogen) atoms. The molecular weight excluding hydrogens is 332 g/mol. The van der Waals surface area contributed by atoms with Crippen LogP contribution in [0.4, 0.5) is 0 Å². The molecule has 0 saturated heterocycles. The van der Waals surface area contributed by atoms with Gasteiger partial charge in [-0.25, -0.2) is 0 Å². The zero-order valence-electron chi connectivity index (χ0n) is 10.4. The molecule has 0 aromatic carbocycles. The second-order valence-corrected chi connectivity index (χ2v) is 3.00. The van der Waals surface area contributed by atoms with Gasteiger partial charge in [0.05, 0.1) is 11.9 Å². The molecule has 12 heteroatoms. The maximum absolute atomic E-state index is 9.71. The number of hydrogen-bond acceptors (Lipinski definition) is 10. The molecule has 0 aromatic rings. The molecule has 0 spiro atoms. The minimum atomic E-state index is -1.58. The van der Waals surface area contributed by atoms with E-state index in [9.17, 15) is 39.6 Å². The third-order valence-corrected chi connectivity index (χ3v) is 1.38. The average molecular weight is 342 g/mol. The second kappa shape index (κ2) is 15.7. The summed E-state index contributed by atoms with van der Waals surface area (Å²) in [5.41, 5.74) is 9.47. The molecule has 0 saturated carbocycles. The second-order valence-electron chi connectivity index (χ2n) is 3.00. The summed E-state index contributed by atoms with van der Waals surface area (Å²) in [6.07, 6.45) is -1.41. The first-order chi connectivity index (χ1) is 8.07. The van der Waals surface area contributed by atoms with E-state index in [1.807, 2.05) is 0 Å². The summed E-state index contributed by atoms with van der Waals surface area (Å²) in [7, 11) is 0. The largest absolute Gasteiger partial charge is 2.00 e. The fourth-order valence-corrected chi connectivity index (χ4v) is 0.526. The molecule has 0 radical (unpaired) electrons. The molecule has 0 amide bonds. The van der Waals surface area contributed by atoms with Crippen LogP contribution in [0.15, 0.2) is 0 Å². The van der Waals surface area contributed by atoms with Crippen molar-refractivity contribution in [3.8, 4) is 0 Å². The quantitative estimate of drug-likeness (QED) is 0.435. The van der Waals surface area contributed by atoms with Crippen molar-refractivity contribution in [1.82, 2.24) is 0 Å². The van der Waals surface area contributed by atoms with Gasteiger partial charge in [-0.3, -0.25) is 0 Å². The topological polar surface area (TPSA) is 213 Å². The van der Waals surface area contributed by atoms with E-state index in [0.29, 0.717) is 0 Å². The summed E-state index contributed by atoms with van der Waals surface area (Å²) in [5, 5.41) is 38.7. The maximum atomic E-state index is 9.71. The molecule has 104 valence electrons. The number of hydrogen-bond donors (Lipinski definition) is 2. The van der Waals surface area contributed by atoms with Gasteiger partial charge in [-0.05, 0) is 0 Å². The first-order valence-electron chi connectivity index (χ1n) is 4.40. The van der Waals surface area contributed by atoms with Crippen LogP contribution < -0.4 is 31.9 Å². The van der Waals surface area contributed by atoms with Crippen LogP contribution in [0.5, 0.6) is 0 Å². The van der Waals surface area contributed by atoms with E-state index in [2.05, 4.69) is 0 Å². The smallest absolute Gasteiger partial charge is 0.550 e. The standard InChI is InChI=1S/2C4H7NO4.2Ca/c2*5-2(4(8)9)1-3(6)7;;/h2*2H,1,5H2,(H,6,7)(H,8,9);;/q;;2*+2/p-4. The Bertz CT molecular complexity index is 306. The number of rotatable bonds is 6. The van der Waals surface area contributed by atoms with Crippen molar-refractivity contribution in [3.05, 3.63) is 0 Å². The summed E-state index contributed by atoms with van der Waals surface area (Å²) in [6.45, 7) is 0. The van der Waals surface area contributed by atoms with Crippen LogP contribution >= 0.6 is 0 Å². The van der Waals surface area contributed by atoms with Gasteiger partial charge in [0.2, 0.25) is 0 Å². The van der Waals surface area contributed by atoms with Crippen molar-refractivity contribution in [2.75, 3.05) is 0 Å². The van der Waals surface area contributed by atoms with Gasteiger partial charge in [-0.15, -0.1) is 0 Å². The van der Waals surface area contributed by atoms with Crippen LogP contribution in [-0.4, -0.2) is 111 Å². The fraction of sp³-hybridized carbons (Fsp3) is 0.500. The third-order valence-electron chi connectivity index (χ3n) is 1.38. The van der Waals surface area contributed by atoms with Gasteiger partial charge in [0.25, 0.3) is 0 Å². The van der Waals surface area contributed by atoms with Crippen LogP contribution in [0, 0.1) is 0 Å². The molecule has 2 unspecified atom stereocenters. The molecule has 0 bridgehead atoms. The van der Waals surface area contributed by atoms with E-state index in [1.54, 1.807) is 0 Å². The van der Waals surface area contributed by atoms with Gasteiger partial charge >= 0.3 is 75.5 Å². The number of carboxylic acid groups (broad SMARTS) is 4. The molecule has 2 atom stereocenters. The Kier molecular flexibility index (Phi) is 22.4. The van der Waals surface area contributed by atoms with E-state index in [4.69, 9.17) is 11.5 Å². The van der Waals surface area contributed by atoms with Gasteiger partial charge in [0.15, 0.2) is 0 Å². The maximum Gasteiger partial charge on any atom is 2.00 e. The van der Waals surface area contributed by atoms with Gasteiger partial charge in [0.1, 0.15) is 0 Å². The third kappa shape index (κ3) is 20.6. The zero-order chi connectivity index (χ0) is 14.9. The predicted molar refractivity (Wildman–Crippen MR) is 56.7 cm³/mol. The van der Waals surface area contributed by atoms with Crippen molar-refractivity contribution >= 4 is 99.4 Å². The minimum absolute atomic E-state index is 0. The van der Waals surface area contributed by atoms with Crippen LogP contribution in [-0.2, 0) is 19.2 Å². The summed E-state index contributed by atoms with van der Waals surface area (Å²) in [5.74, 6) is -6.16. The normalized spacial score (nSPS) is 11.3. The monoisotopic (exact) mass is 342 g/mol. The number of nitrogens with two attached hydrogens (primary N) is 2. The van der Waals surface area contributed by atoms with Crippen LogP contribution in [0.1, 0.15) is 12.8 Å². The Morgan fingerprint density at radius 2 is 0.900 bits per heavy atom. The molecule has 0 heterocycles. The van der Waals surface area contributed by atoms with Crippen molar-refractivity contribution in [3.63, 3.8) is 0 Å². The number of carbonyl (C=O) groups is 4. The Labute approximate surface area is 173 Å². The number of aliphatic carboxylic acids is 4. The van der Waals surface area contributed by atoms with E-state index in [1.165, 1.54) is 0 Å². The minimum Gasteiger partial charge on any atom is -0.550 e. The summed E-state index contributed by atoms with van der Waals surface area (Å²) in [6, 6.07) is -2.93. The summed E-state index contributed by atoms with van der Waals surface area (Å²) >= 11 is 0. The van der Waals surface area contributed by atoms with E-state index >= 15 is 0 Å².